The maximum absolute atomic E-state index is 11.8. The number of ether oxygens (including phenoxy) is 1. The maximum atomic E-state index is 11.8. The van der Waals surface area contributed by atoms with Crippen LogP contribution in [0.2, 0.25) is 0 Å². The third kappa shape index (κ3) is 9.94. The molecule has 0 radical (unpaired) electrons. The van der Waals surface area contributed by atoms with Gasteiger partial charge in [-0.3, -0.25) is 4.79 Å². The molecule has 0 aromatic heterocycles. The summed E-state index contributed by atoms with van der Waals surface area (Å²) in [7, 11) is 0. The first kappa shape index (κ1) is 18.4. The third-order valence-corrected chi connectivity index (χ3v) is 2.69. The van der Waals surface area contributed by atoms with E-state index >= 15 is 0 Å². The van der Waals surface area contributed by atoms with Crippen LogP contribution in [0.1, 0.15) is 81.1 Å². The summed E-state index contributed by atoms with van der Waals surface area (Å²) in [4.78, 5) is 11.8. The lowest BCUT2D eigenvalue weighted by atomic mass is 9.88. The van der Waals surface area contributed by atoms with Gasteiger partial charge in [0, 0.05) is 12.0 Å². The Bertz CT molecular complexity index is 288. The van der Waals surface area contributed by atoms with Gasteiger partial charge in [-0.1, -0.05) is 13.3 Å². The number of rotatable bonds is 7. The van der Waals surface area contributed by atoms with E-state index in [2.05, 4.69) is 60.7 Å². The molecule has 0 fully saturated rings. The van der Waals surface area contributed by atoms with Crippen LogP contribution in [0.3, 0.4) is 0 Å². The minimum Gasteiger partial charge on any atom is -0.370 e. The van der Waals surface area contributed by atoms with E-state index in [0.29, 0.717) is 6.42 Å². The smallest absolute Gasteiger partial charge is 0.220 e. The molecule has 0 atom stereocenters. The summed E-state index contributed by atoms with van der Waals surface area (Å²) in [5.41, 5.74) is -0.689. The molecule has 0 unspecified atom stereocenters. The van der Waals surface area contributed by atoms with Crippen LogP contribution in [0.4, 0.5) is 0 Å². The SMILES string of the molecule is CCCCC(=O)NC(C)(C)CC(C)(C)OC(C)(C)C. The van der Waals surface area contributed by atoms with Gasteiger partial charge in [-0.05, 0) is 61.3 Å². The van der Waals surface area contributed by atoms with Gasteiger partial charge >= 0.3 is 0 Å². The molecule has 0 aromatic carbocycles. The number of hydrogen-bond acceptors (Lipinski definition) is 2. The minimum atomic E-state index is -0.264. The average Bonchev–Trinajstić information content (AvgIpc) is 2.06. The highest BCUT2D eigenvalue weighted by Crippen LogP contribution is 2.28. The number of nitrogens with one attached hydrogen (secondary N) is 1. The minimum absolute atomic E-state index is 0.137. The van der Waals surface area contributed by atoms with E-state index in [-0.39, 0.29) is 22.6 Å². The normalized spacial score (nSPS) is 13.5. The van der Waals surface area contributed by atoms with Crippen LogP contribution in [0, 0.1) is 0 Å². The Balaban J connectivity index is 4.45. The first-order valence-electron chi connectivity index (χ1n) is 7.38. The lowest BCUT2D eigenvalue weighted by molar-refractivity contribution is -0.131. The number of unbranched alkanes of at least 4 members (excludes halogenated alkanes) is 1. The van der Waals surface area contributed by atoms with Crippen LogP contribution in [-0.4, -0.2) is 22.6 Å². The Morgan fingerprint density at radius 3 is 2.00 bits per heavy atom. The molecule has 0 heterocycles. The van der Waals surface area contributed by atoms with Gasteiger partial charge in [0.15, 0.2) is 0 Å². The van der Waals surface area contributed by atoms with Gasteiger partial charge in [0.25, 0.3) is 0 Å². The fourth-order valence-electron chi connectivity index (χ4n) is 2.75. The summed E-state index contributed by atoms with van der Waals surface area (Å²) in [6, 6.07) is 0. The highest BCUT2D eigenvalue weighted by molar-refractivity contribution is 5.76. The van der Waals surface area contributed by atoms with E-state index in [9.17, 15) is 4.79 Å². The second-order valence-electron chi connectivity index (χ2n) is 7.69. The summed E-state index contributed by atoms with van der Waals surface area (Å²) in [5.74, 6) is 0.137. The van der Waals surface area contributed by atoms with Crippen molar-refractivity contribution in [2.75, 3.05) is 0 Å². The van der Waals surface area contributed by atoms with E-state index in [1.807, 2.05) is 0 Å². The summed E-state index contributed by atoms with van der Waals surface area (Å²) < 4.78 is 6.07. The van der Waals surface area contributed by atoms with E-state index < -0.39 is 0 Å². The molecule has 0 saturated heterocycles. The average molecular weight is 271 g/mol. The Labute approximate surface area is 119 Å². The molecule has 0 spiro atoms. The molecule has 0 aliphatic heterocycles. The number of carbonyl (C=O) groups is 1. The number of amides is 1. The van der Waals surface area contributed by atoms with Crippen molar-refractivity contribution in [3.05, 3.63) is 0 Å². The molecular formula is C16H33NO2. The monoisotopic (exact) mass is 271 g/mol. The lowest BCUT2D eigenvalue weighted by Crippen LogP contribution is -2.49. The van der Waals surface area contributed by atoms with E-state index in [4.69, 9.17) is 4.74 Å². The van der Waals surface area contributed by atoms with Gasteiger partial charge in [0.1, 0.15) is 0 Å². The second kappa shape index (κ2) is 6.74. The number of hydrogen-bond donors (Lipinski definition) is 1. The molecule has 3 nitrogen and oxygen atoms in total. The zero-order chi connectivity index (χ0) is 15.3. The molecule has 0 aromatic rings. The topological polar surface area (TPSA) is 38.3 Å². The Kier molecular flexibility index (Phi) is 6.53. The van der Waals surface area contributed by atoms with Crippen molar-refractivity contribution in [3.8, 4) is 0 Å². The van der Waals surface area contributed by atoms with Crippen molar-refractivity contribution in [1.29, 1.82) is 0 Å². The van der Waals surface area contributed by atoms with Gasteiger partial charge < -0.3 is 10.1 Å². The summed E-state index contributed by atoms with van der Waals surface area (Å²) >= 11 is 0. The zero-order valence-corrected chi connectivity index (χ0v) is 14.1. The molecule has 0 aliphatic carbocycles. The van der Waals surface area contributed by atoms with Gasteiger partial charge in [-0.25, -0.2) is 0 Å². The molecule has 1 N–H and O–H groups in total. The van der Waals surface area contributed by atoms with E-state index in [1.54, 1.807) is 0 Å². The van der Waals surface area contributed by atoms with E-state index in [0.717, 1.165) is 19.3 Å². The van der Waals surface area contributed by atoms with Crippen molar-refractivity contribution in [2.24, 2.45) is 0 Å². The Morgan fingerprint density at radius 2 is 1.58 bits per heavy atom. The van der Waals surface area contributed by atoms with Crippen molar-refractivity contribution in [3.63, 3.8) is 0 Å². The fourth-order valence-corrected chi connectivity index (χ4v) is 2.75. The van der Waals surface area contributed by atoms with Gasteiger partial charge in [0.2, 0.25) is 5.91 Å². The first-order valence-corrected chi connectivity index (χ1v) is 7.38. The molecule has 0 aliphatic rings. The standard InChI is InChI=1S/C16H33NO2/c1-9-10-11-13(18)17-15(5,6)12-16(7,8)19-14(2,3)4/h9-12H2,1-8H3,(H,17,18). The molecule has 19 heavy (non-hydrogen) atoms. The zero-order valence-electron chi connectivity index (χ0n) is 14.1. The van der Waals surface area contributed by atoms with Crippen LogP contribution >= 0.6 is 0 Å². The summed E-state index contributed by atoms with van der Waals surface area (Å²) in [6.07, 6.45) is 3.39. The molecule has 1 amide bonds. The maximum Gasteiger partial charge on any atom is 0.220 e. The largest absolute Gasteiger partial charge is 0.370 e. The molecule has 3 heteroatoms. The highest BCUT2D eigenvalue weighted by atomic mass is 16.5. The van der Waals surface area contributed by atoms with Crippen LogP contribution in [0.15, 0.2) is 0 Å². The first-order chi connectivity index (χ1) is 8.37. The predicted molar refractivity (Wildman–Crippen MR) is 81.3 cm³/mol. The van der Waals surface area contributed by atoms with Crippen LogP contribution in [0.25, 0.3) is 0 Å². The molecule has 0 saturated carbocycles. The number of carbonyl (C=O) groups excluding carboxylic acids is 1. The third-order valence-electron chi connectivity index (χ3n) is 2.69. The van der Waals surface area contributed by atoms with E-state index in [1.165, 1.54) is 0 Å². The van der Waals surface area contributed by atoms with Crippen LogP contribution in [0.5, 0.6) is 0 Å². The quantitative estimate of drug-likeness (QED) is 0.758. The van der Waals surface area contributed by atoms with Crippen LogP contribution in [-0.2, 0) is 9.53 Å². The molecule has 0 bridgehead atoms. The van der Waals surface area contributed by atoms with Crippen molar-refractivity contribution in [1.82, 2.24) is 5.32 Å². The van der Waals surface area contributed by atoms with Gasteiger partial charge in [-0.15, -0.1) is 0 Å². The van der Waals surface area contributed by atoms with Crippen LogP contribution < -0.4 is 5.32 Å². The fraction of sp³-hybridized carbons (Fsp3) is 0.938. The Morgan fingerprint density at radius 1 is 1.05 bits per heavy atom. The molecule has 114 valence electrons. The molecular weight excluding hydrogens is 238 g/mol. The lowest BCUT2D eigenvalue weighted by Gasteiger charge is -2.39. The predicted octanol–water partition coefficient (Wildman–Crippen LogP) is 4.06. The summed E-state index contributed by atoms with van der Waals surface area (Å²) in [6.45, 7) is 16.6. The summed E-state index contributed by atoms with van der Waals surface area (Å²) in [5, 5.41) is 3.11. The van der Waals surface area contributed by atoms with Crippen molar-refractivity contribution >= 4 is 5.91 Å². The van der Waals surface area contributed by atoms with Crippen molar-refractivity contribution in [2.45, 2.75) is 97.8 Å². The molecule has 0 rings (SSSR count). The van der Waals surface area contributed by atoms with Gasteiger partial charge in [0.05, 0.1) is 11.2 Å². The van der Waals surface area contributed by atoms with Gasteiger partial charge in [-0.2, -0.15) is 0 Å². The second-order valence-corrected chi connectivity index (χ2v) is 7.69. The van der Waals surface area contributed by atoms with Crippen molar-refractivity contribution < 1.29 is 9.53 Å². The Hall–Kier alpha value is -0.570. The highest BCUT2D eigenvalue weighted by Gasteiger charge is 2.33.